The fraction of sp³-hybridized carbons (Fsp3) is 0. The Kier molecular flexibility index (Phi) is 3.92. The van der Waals surface area contributed by atoms with Crippen molar-refractivity contribution < 1.29 is 23.2 Å². The second-order valence-electron chi connectivity index (χ2n) is 3.22. The summed E-state index contributed by atoms with van der Waals surface area (Å²) in [6, 6.07) is 16.8. The van der Waals surface area contributed by atoms with E-state index in [0.717, 1.165) is 0 Å². The van der Waals surface area contributed by atoms with Gasteiger partial charge in [-0.3, -0.25) is 0 Å². The second kappa shape index (κ2) is 5.42. The maximum absolute atomic E-state index is 8.33. The summed E-state index contributed by atoms with van der Waals surface area (Å²) in [5, 5.41) is 3.42. The van der Waals surface area contributed by atoms with Gasteiger partial charge in [-0.1, -0.05) is 36.0 Å². The van der Waals surface area contributed by atoms with Gasteiger partial charge < -0.3 is 5.32 Å². The molecule has 80 valence electrons. The maximum atomic E-state index is 8.33. The molecule has 0 spiro atoms. The predicted molar refractivity (Wildman–Crippen MR) is 61.0 cm³/mol. The Morgan fingerprint density at radius 2 is 1.25 bits per heavy atom. The van der Waals surface area contributed by atoms with Crippen LogP contribution in [0.4, 0.5) is 11.4 Å². The summed E-state index contributed by atoms with van der Waals surface area (Å²) in [5.41, 5.74) is 2.41. The number of fused-ring (bicyclic) bond motifs is 2. The zero-order valence-corrected chi connectivity index (χ0v) is 12.1. The van der Waals surface area contributed by atoms with Gasteiger partial charge in [-0.25, -0.2) is 0 Å². The Labute approximate surface area is 110 Å². The molecule has 0 fully saturated rings. The van der Waals surface area contributed by atoms with Crippen molar-refractivity contribution in [2.45, 2.75) is 9.79 Å². The minimum absolute atomic E-state index is 0.333. The third-order valence-corrected chi connectivity index (χ3v) is 3.42. The summed E-state index contributed by atoms with van der Waals surface area (Å²) in [6.07, 6.45) is 0. The van der Waals surface area contributed by atoms with Gasteiger partial charge in [-0.2, -0.15) is 0 Å². The molecule has 0 unspecified atom stereocenters. The van der Waals surface area contributed by atoms with Gasteiger partial charge in [0.1, 0.15) is 0 Å². The maximum Gasteiger partial charge on any atom is 0.0526 e. The first-order valence-electron chi connectivity index (χ1n) is 4.73. The van der Waals surface area contributed by atoms with Crippen LogP contribution in [0.25, 0.3) is 0 Å². The number of rotatable bonds is 0. The average molecular weight is 399 g/mol. The van der Waals surface area contributed by atoms with Crippen molar-refractivity contribution in [2.24, 2.45) is 0 Å². The van der Waals surface area contributed by atoms with E-state index in [1.165, 1.54) is 21.2 Å². The van der Waals surface area contributed by atoms with Crippen molar-refractivity contribution >= 4 is 23.1 Å². The van der Waals surface area contributed by atoms with E-state index in [0.29, 0.717) is 19.8 Å². The van der Waals surface area contributed by atoms with E-state index >= 15 is 0 Å². The summed E-state index contributed by atoms with van der Waals surface area (Å²) in [6.45, 7) is 0. The number of para-hydroxylation sites is 2. The Morgan fingerprint density at radius 3 is 1.75 bits per heavy atom. The smallest absolute Gasteiger partial charge is 0.0526 e. The molecule has 1 aliphatic heterocycles. The molecule has 0 aromatic heterocycles. The Balaban J connectivity index is 0.000000457. The fourth-order valence-corrected chi connectivity index (χ4v) is 2.57. The van der Waals surface area contributed by atoms with Crippen LogP contribution in [0.3, 0.4) is 0 Å². The molecule has 0 aliphatic carbocycles. The average Bonchev–Trinajstić information content (AvgIpc) is 2.38. The van der Waals surface area contributed by atoms with Crippen molar-refractivity contribution in [1.82, 2.24) is 0 Å². The molecule has 0 radical (unpaired) electrons. The summed E-state index contributed by atoms with van der Waals surface area (Å²) >= 11 is 2.15. The van der Waals surface area contributed by atoms with E-state index in [2.05, 4.69) is 53.8 Å². The van der Waals surface area contributed by atoms with Gasteiger partial charge in [0, 0.05) is 9.79 Å². The standard InChI is InChI=1S/C12H9NS.O.W/c1-3-7-11-9(5-1)13-10-6-2-4-8-12(10)14-11;;/h1-8,13H;;. The van der Waals surface area contributed by atoms with E-state index in [1.807, 2.05) is 11.8 Å². The van der Waals surface area contributed by atoms with Crippen molar-refractivity contribution in [3.05, 3.63) is 48.5 Å². The van der Waals surface area contributed by atoms with Gasteiger partial charge in [0.2, 0.25) is 0 Å². The monoisotopic (exact) mass is 399 g/mol. The van der Waals surface area contributed by atoms with Crippen molar-refractivity contribution in [3.63, 3.8) is 0 Å². The molecule has 1 N–H and O–H groups in total. The molecule has 2 aromatic rings. The molecular formula is C12H9NOSW. The molecule has 16 heavy (non-hydrogen) atoms. The molecule has 2 aromatic carbocycles. The Morgan fingerprint density at radius 1 is 0.812 bits per heavy atom. The molecular weight excluding hydrogens is 390 g/mol. The normalized spacial score (nSPS) is 11.2. The Bertz CT molecular complexity index is 416. The predicted octanol–water partition coefficient (Wildman–Crippen LogP) is 3.77. The molecule has 2 nitrogen and oxygen atoms in total. The zero-order chi connectivity index (χ0) is 11.4. The fourth-order valence-electron chi connectivity index (χ4n) is 1.58. The molecule has 3 rings (SSSR count). The third kappa shape index (κ3) is 2.26. The van der Waals surface area contributed by atoms with Crippen LogP contribution in [0.15, 0.2) is 58.3 Å². The largest absolute Gasteiger partial charge is 0.354 e. The number of hydrogen-bond acceptors (Lipinski definition) is 3. The first kappa shape index (κ1) is 11.6. The molecule has 1 aliphatic rings. The van der Waals surface area contributed by atoms with E-state index in [9.17, 15) is 0 Å². The SMILES string of the molecule is [O]=[W].c1ccc2c(c1)Nc1ccccc1S2. The van der Waals surface area contributed by atoms with Gasteiger partial charge in [0.05, 0.1) is 11.4 Å². The molecule has 4 heteroatoms. The van der Waals surface area contributed by atoms with Gasteiger partial charge >= 0.3 is 23.2 Å². The first-order chi connectivity index (χ1) is 7.93. The van der Waals surface area contributed by atoms with Crippen LogP contribution < -0.4 is 5.32 Å². The van der Waals surface area contributed by atoms with Crippen LogP contribution in [0.1, 0.15) is 0 Å². The first-order valence-corrected chi connectivity index (χ1v) is 6.74. The summed E-state index contributed by atoms with van der Waals surface area (Å²) < 4.78 is 8.33. The topological polar surface area (TPSA) is 29.1 Å². The van der Waals surface area contributed by atoms with Crippen LogP contribution in [-0.4, -0.2) is 0 Å². The van der Waals surface area contributed by atoms with Crippen LogP contribution in [0.5, 0.6) is 0 Å². The minimum atomic E-state index is 0.333. The van der Waals surface area contributed by atoms with E-state index in [4.69, 9.17) is 3.40 Å². The molecule has 0 saturated carbocycles. The molecule has 0 atom stereocenters. The van der Waals surface area contributed by atoms with Gasteiger partial charge in [-0.05, 0) is 24.3 Å². The Hall–Kier alpha value is -0.922. The van der Waals surface area contributed by atoms with Crippen LogP contribution >= 0.6 is 11.8 Å². The molecule has 0 amide bonds. The van der Waals surface area contributed by atoms with Crippen molar-refractivity contribution in [2.75, 3.05) is 5.32 Å². The van der Waals surface area contributed by atoms with Gasteiger partial charge in [0.25, 0.3) is 0 Å². The number of anilines is 2. The third-order valence-electron chi connectivity index (χ3n) is 2.26. The molecule has 0 bridgehead atoms. The number of nitrogens with one attached hydrogen (secondary N) is 1. The van der Waals surface area contributed by atoms with Crippen molar-refractivity contribution in [3.8, 4) is 0 Å². The number of benzene rings is 2. The zero-order valence-electron chi connectivity index (χ0n) is 8.34. The van der Waals surface area contributed by atoms with Gasteiger partial charge in [-0.15, -0.1) is 0 Å². The van der Waals surface area contributed by atoms with Crippen molar-refractivity contribution in [1.29, 1.82) is 0 Å². The van der Waals surface area contributed by atoms with Gasteiger partial charge in [0.15, 0.2) is 0 Å². The van der Waals surface area contributed by atoms with Crippen LogP contribution in [0, 0.1) is 0 Å². The van der Waals surface area contributed by atoms with Crippen LogP contribution in [0.2, 0.25) is 0 Å². The summed E-state index contributed by atoms with van der Waals surface area (Å²) in [5.74, 6) is 0. The molecule has 0 saturated heterocycles. The van der Waals surface area contributed by atoms with E-state index < -0.39 is 0 Å². The quantitative estimate of drug-likeness (QED) is 0.624. The molecule has 1 heterocycles. The van der Waals surface area contributed by atoms with Crippen LogP contribution in [-0.2, 0) is 23.2 Å². The second-order valence-corrected chi connectivity index (χ2v) is 4.30. The van der Waals surface area contributed by atoms with E-state index in [-0.39, 0.29) is 0 Å². The minimum Gasteiger partial charge on any atom is -0.354 e. The summed E-state index contributed by atoms with van der Waals surface area (Å²) in [7, 11) is 0. The van der Waals surface area contributed by atoms with E-state index in [1.54, 1.807) is 0 Å². The number of hydrogen-bond donors (Lipinski definition) is 1. The summed E-state index contributed by atoms with van der Waals surface area (Å²) in [4.78, 5) is 2.59.